The molecule has 0 amide bonds. The van der Waals surface area contributed by atoms with Crippen molar-refractivity contribution in [3.8, 4) is 0 Å². The summed E-state index contributed by atoms with van der Waals surface area (Å²) >= 11 is 0. The topological polar surface area (TPSA) is 0 Å². The largest absolute Gasteiger partial charge is 2.00 e. The van der Waals surface area contributed by atoms with Gasteiger partial charge in [-0.05, 0) is 5.92 Å². The van der Waals surface area contributed by atoms with Crippen LogP contribution in [0.4, 0.5) is 0 Å². The van der Waals surface area contributed by atoms with Gasteiger partial charge in [-0.15, -0.1) is 46.5 Å². The van der Waals surface area contributed by atoms with E-state index in [0.717, 1.165) is 0 Å². The normalized spacial score (nSPS) is 16.5. The van der Waals surface area contributed by atoms with Gasteiger partial charge >= 0.3 is 26.2 Å². The Morgan fingerprint density at radius 2 is 1.78 bits per heavy atom. The first-order chi connectivity index (χ1) is 8.22. The van der Waals surface area contributed by atoms with E-state index in [1.165, 1.54) is 22.3 Å². The molecule has 2 aromatic carbocycles. The molecule has 2 aromatic rings. The molecule has 18 heavy (non-hydrogen) atoms. The van der Waals surface area contributed by atoms with Crippen LogP contribution in [-0.2, 0) is 26.2 Å². The van der Waals surface area contributed by atoms with Crippen LogP contribution in [0.2, 0.25) is 0 Å². The average molecular weight is 314 g/mol. The molecule has 0 fully saturated rings. The van der Waals surface area contributed by atoms with Gasteiger partial charge in [-0.1, -0.05) is 20.8 Å². The molecule has 90 valence electrons. The summed E-state index contributed by atoms with van der Waals surface area (Å²) in [5.41, 5.74) is 5.67. The monoisotopic (exact) mass is 312 g/mol. The number of rotatable bonds is 0. The number of allylic oxidation sites excluding steroid dienone is 2. The molecule has 1 aliphatic rings. The van der Waals surface area contributed by atoms with E-state index in [1.807, 2.05) is 36.4 Å². The summed E-state index contributed by atoms with van der Waals surface area (Å²) in [4.78, 5) is 0. The molecule has 0 aromatic heterocycles. The van der Waals surface area contributed by atoms with Crippen LogP contribution in [0.25, 0.3) is 5.57 Å². The Morgan fingerprint density at radius 1 is 1.11 bits per heavy atom. The van der Waals surface area contributed by atoms with Crippen LogP contribution in [0.15, 0.2) is 54.1 Å². The SMILES string of the molecule is CC1=C(C)C(C)c2ccc[c-]c21.[Zr+2].c1cc[cH-]c1. The molecule has 1 atom stereocenters. The fourth-order valence-electron chi connectivity index (χ4n) is 2.21. The quantitative estimate of drug-likeness (QED) is 0.613. The Hall–Kier alpha value is -0.807. The van der Waals surface area contributed by atoms with Crippen molar-refractivity contribution < 1.29 is 26.2 Å². The van der Waals surface area contributed by atoms with Crippen LogP contribution in [0.5, 0.6) is 0 Å². The molecule has 0 nitrogen and oxygen atoms in total. The fraction of sp³-hybridized carbons (Fsp3) is 0.235. The molecule has 0 N–H and O–H groups in total. The summed E-state index contributed by atoms with van der Waals surface area (Å²) in [6.07, 6.45) is 0. The van der Waals surface area contributed by atoms with E-state index in [-0.39, 0.29) is 26.2 Å². The maximum Gasteiger partial charge on any atom is 2.00 e. The molecule has 0 aliphatic heterocycles. The molecule has 0 bridgehead atoms. The van der Waals surface area contributed by atoms with Gasteiger partial charge in [0.1, 0.15) is 0 Å². The molecule has 0 radical (unpaired) electrons. The van der Waals surface area contributed by atoms with E-state index in [1.54, 1.807) is 0 Å². The summed E-state index contributed by atoms with van der Waals surface area (Å²) in [5, 5.41) is 0. The first kappa shape index (κ1) is 15.3. The molecule has 1 heteroatoms. The van der Waals surface area contributed by atoms with Gasteiger partial charge in [0.25, 0.3) is 0 Å². The second kappa shape index (κ2) is 6.95. The first-order valence-electron chi connectivity index (χ1n) is 6.07. The molecule has 0 spiro atoms. The zero-order chi connectivity index (χ0) is 12.3. The molecule has 0 heterocycles. The van der Waals surface area contributed by atoms with Crippen LogP contribution in [0.1, 0.15) is 37.8 Å². The minimum Gasteiger partial charge on any atom is -0.214 e. The molecule has 1 aliphatic carbocycles. The molecular weight excluding hydrogens is 295 g/mol. The second-order valence-electron chi connectivity index (χ2n) is 4.49. The zero-order valence-corrected chi connectivity index (χ0v) is 13.7. The molecule has 1 unspecified atom stereocenters. The van der Waals surface area contributed by atoms with E-state index in [0.29, 0.717) is 5.92 Å². The molecule has 0 saturated carbocycles. The van der Waals surface area contributed by atoms with E-state index in [2.05, 4.69) is 39.0 Å². The number of hydrogen-bond acceptors (Lipinski definition) is 0. The number of benzene rings is 1. The summed E-state index contributed by atoms with van der Waals surface area (Å²) < 4.78 is 0. The Bertz CT molecular complexity index is 489. The van der Waals surface area contributed by atoms with Crippen molar-refractivity contribution in [3.05, 3.63) is 71.3 Å². The van der Waals surface area contributed by atoms with Crippen molar-refractivity contribution in [1.82, 2.24) is 0 Å². The summed E-state index contributed by atoms with van der Waals surface area (Å²) in [6, 6.07) is 19.6. The number of hydrogen-bond donors (Lipinski definition) is 0. The van der Waals surface area contributed by atoms with E-state index in [9.17, 15) is 0 Å². The van der Waals surface area contributed by atoms with Crippen LogP contribution in [0, 0.1) is 6.07 Å². The predicted molar refractivity (Wildman–Crippen MR) is 74.0 cm³/mol. The van der Waals surface area contributed by atoms with Crippen LogP contribution >= 0.6 is 0 Å². The van der Waals surface area contributed by atoms with Gasteiger partial charge in [0, 0.05) is 0 Å². The predicted octanol–water partition coefficient (Wildman–Crippen LogP) is 4.80. The maximum atomic E-state index is 3.30. The standard InChI is InChI=1S/C12H13.C5H5.Zr/c1-8-9(2)11-6-4-5-7-12(11)10(8)3;1-2-4-5-3-1;/h4-6,9H,1-3H3;1-5H;/q2*-1;+2. The van der Waals surface area contributed by atoms with Crippen molar-refractivity contribution in [2.75, 3.05) is 0 Å². The molecule has 0 saturated heterocycles. The van der Waals surface area contributed by atoms with Gasteiger partial charge in [-0.25, -0.2) is 12.1 Å². The van der Waals surface area contributed by atoms with Crippen LogP contribution in [-0.4, -0.2) is 0 Å². The van der Waals surface area contributed by atoms with E-state index < -0.39 is 0 Å². The number of fused-ring (bicyclic) bond motifs is 1. The van der Waals surface area contributed by atoms with E-state index in [4.69, 9.17) is 0 Å². The van der Waals surface area contributed by atoms with Crippen LogP contribution < -0.4 is 0 Å². The van der Waals surface area contributed by atoms with Gasteiger partial charge in [0.05, 0.1) is 0 Å². The fourth-order valence-corrected chi connectivity index (χ4v) is 2.21. The third-order valence-electron chi connectivity index (χ3n) is 3.53. The van der Waals surface area contributed by atoms with Gasteiger partial charge in [-0.3, -0.25) is 0 Å². The summed E-state index contributed by atoms with van der Waals surface area (Å²) in [6.45, 7) is 6.67. The van der Waals surface area contributed by atoms with Gasteiger partial charge < -0.3 is 0 Å². The summed E-state index contributed by atoms with van der Waals surface area (Å²) in [7, 11) is 0. The Morgan fingerprint density at radius 3 is 2.28 bits per heavy atom. The van der Waals surface area contributed by atoms with Crippen molar-refractivity contribution >= 4 is 5.57 Å². The second-order valence-corrected chi connectivity index (χ2v) is 4.49. The van der Waals surface area contributed by atoms with Crippen molar-refractivity contribution in [3.63, 3.8) is 0 Å². The molecular formula is C17H18Zr. The Kier molecular flexibility index (Phi) is 5.89. The minimum atomic E-state index is 0. The van der Waals surface area contributed by atoms with Crippen LogP contribution in [0.3, 0.4) is 0 Å². The first-order valence-corrected chi connectivity index (χ1v) is 6.07. The smallest absolute Gasteiger partial charge is 0.214 e. The Labute approximate surface area is 129 Å². The molecule has 3 rings (SSSR count). The summed E-state index contributed by atoms with van der Waals surface area (Å²) in [5.74, 6) is 0.595. The van der Waals surface area contributed by atoms with Gasteiger partial charge in [-0.2, -0.15) is 18.2 Å². The third-order valence-corrected chi connectivity index (χ3v) is 3.53. The van der Waals surface area contributed by atoms with Gasteiger partial charge in [0.15, 0.2) is 0 Å². The van der Waals surface area contributed by atoms with Crippen molar-refractivity contribution in [2.24, 2.45) is 0 Å². The minimum absolute atomic E-state index is 0. The van der Waals surface area contributed by atoms with Crippen molar-refractivity contribution in [1.29, 1.82) is 0 Å². The third kappa shape index (κ3) is 3.15. The average Bonchev–Trinajstić information content (AvgIpc) is 3.00. The van der Waals surface area contributed by atoms with Crippen molar-refractivity contribution in [2.45, 2.75) is 26.7 Å². The maximum absolute atomic E-state index is 3.30. The van der Waals surface area contributed by atoms with E-state index >= 15 is 0 Å². The Balaban J connectivity index is 0.000000230. The zero-order valence-electron chi connectivity index (χ0n) is 11.2. The van der Waals surface area contributed by atoms with Gasteiger partial charge in [0.2, 0.25) is 0 Å².